The molecule has 0 spiro atoms. The number of morpholine rings is 1. The van der Waals surface area contributed by atoms with Crippen molar-refractivity contribution in [1.82, 2.24) is 14.8 Å². The Bertz CT molecular complexity index is 1140. The summed E-state index contributed by atoms with van der Waals surface area (Å²) in [5.41, 5.74) is 8.86. The summed E-state index contributed by atoms with van der Waals surface area (Å²) in [6, 6.07) is 7.71. The van der Waals surface area contributed by atoms with Crippen molar-refractivity contribution < 1.29 is 9.53 Å². The van der Waals surface area contributed by atoms with Crippen molar-refractivity contribution in [3.05, 3.63) is 53.7 Å². The van der Waals surface area contributed by atoms with Gasteiger partial charge < -0.3 is 20.3 Å². The molecule has 0 aromatic heterocycles. The molecule has 10 nitrogen and oxygen atoms in total. The molecule has 190 valence electrons. The van der Waals surface area contributed by atoms with E-state index >= 15 is 0 Å². The molecule has 2 saturated heterocycles. The average Bonchev–Trinajstić information content (AvgIpc) is 3.45. The molecule has 36 heavy (non-hydrogen) atoms. The highest BCUT2D eigenvalue weighted by Gasteiger charge is 2.30. The van der Waals surface area contributed by atoms with Gasteiger partial charge in [-0.2, -0.15) is 5.10 Å². The summed E-state index contributed by atoms with van der Waals surface area (Å²) in [5, 5.41) is 6.46. The van der Waals surface area contributed by atoms with E-state index in [4.69, 9.17) is 20.6 Å². The molecule has 10 heteroatoms. The number of hydrazone groups is 1. The van der Waals surface area contributed by atoms with Crippen molar-refractivity contribution in [2.75, 3.05) is 53.0 Å². The summed E-state index contributed by atoms with van der Waals surface area (Å²) in [7, 11) is 1.69. The van der Waals surface area contributed by atoms with E-state index in [2.05, 4.69) is 21.5 Å². The van der Waals surface area contributed by atoms with Crippen LogP contribution in [0.3, 0.4) is 0 Å². The molecular weight excluding hydrogens is 456 g/mol. The van der Waals surface area contributed by atoms with Crippen molar-refractivity contribution in [1.29, 1.82) is 0 Å². The summed E-state index contributed by atoms with van der Waals surface area (Å²) in [6.07, 6.45) is 5.39. The molecule has 3 aliphatic heterocycles. The zero-order valence-electron chi connectivity index (χ0n) is 21.1. The van der Waals surface area contributed by atoms with E-state index in [1.807, 2.05) is 36.1 Å². The molecule has 0 aliphatic carbocycles. The highest BCUT2D eigenvalue weighted by atomic mass is 16.5. The smallest absolute Gasteiger partial charge is 0.291 e. The fourth-order valence-corrected chi connectivity index (χ4v) is 4.26. The van der Waals surface area contributed by atoms with Gasteiger partial charge in [-0.15, -0.1) is 0 Å². The van der Waals surface area contributed by atoms with Gasteiger partial charge in [0.2, 0.25) is 5.84 Å². The molecule has 3 heterocycles. The van der Waals surface area contributed by atoms with E-state index in [-0.39, 0.29) is 11.7 Å². The van der Waals surface area contributed by atoms with Crippen molar-refractivity contribution >= 4 is 35.3 Å². The van der Waals surface area contributed by atoms with Crippen molar-refractivity contribution in [2.45, 2.75) is 19.8 Å². The number of amides is 1. The molecule has 2 N–H and O–H groups in total. The average molecular weight is 491 g/mol. The first-order valence-corrected chi connectivity index (χ1v) is 12.3. The Balaban J connectivity index is 1.82. The summed E-state index contributed by atoms with van der Waals surface area (Å²) in [5.74, 6) is 1.17. The van der Waals surface area contributed by atoms with Crippen LogP contribution in [0.25, 0.3) is 5.70 Å². The SMILES string of the molecule is C=C1N=C(C(=O)N2CCCC2)N(CC)/N=C(/c2cccc(/C(N)=C/C=NC)c2)N=C1N1CCOCC1. The zero-order valence-corrected chi connectivity index (χ0v) is 21.1. The summed E-state index contributed by atoms with van der Waals surface area (Å²) in [6.45, 7) is 10.5. The molecule has 2 fully saturated rings. The number of carbonyl (C=O) groups is 1. The van der Waals surface area contributed by atoms with E-state index in [0.29, 0.717) is 55.9 Å². The Kier molecular flexibility index (Phi) is 8.27. The normalized spacial score (nSPS) is 21.2. The van der Waals surface area contributed by atoms with Gasteiger partial charge in [0.25, 0.3) is 5.91 Å². The number of nitrogens with zero attached hydrogens (tertiary/aromatic N) is 7. The van der Waals surface area contributed by atoms with Crippen molar-refractivity contribution in [3.63, 3.8) is 0 Å². The molecule has 4 rings (SSSR count). The molecule has 3 aliphatic rings. The van der Waals surface area contributed by atoms with E-state index in [1.165, 1.54) is 0 Å². The Morgan fingerprint density at radius 1 is 1.19 bits per heavy atom. The third kappa shape index (κ3) is 5.71. The van der Waals surface area contributed by atoms with Crippen LogP contribution < -0.4 is 5.73 Å². The number of likely N-dealkylation sites (N-methyl/N-ethyl adjacent to an activating group) is 1. The minimum absolute atomic E-state index is 0.137. The van der Waals surface area contributed by atoms with Gasteiger partial charge in [-0.05, 0) is 37.5 Å². The van der Waals surface area contributed by atoms with Crippen LogP contribution in [0, 0.1) is 0 Å². The maximum Gasteiger partial charge on any atom is 0.291 e. The summed E-state index contributed by atoms with van der Waals surface area (Å²) in [4.78, 5) is 31.0. The standard InChI is InChI=1S/C26H34N8O2/c1-4-34-25(26(35)33-12-5-6-13-33)29-19(2)24(32-14-16-36-17-15-32)30-23(31-34)21-9-7-8-20(18-21)22(27)10-11-28-3/h7-11,18H,2,4-6,12-17,27H2,1,3H3/b22-10-,28-11?,29-25?,30-24?,31-23-. The first-order chi connectivity index (χ1) is 17.5. The molecule has 1 amide bonds. The van der Waals surface area contributed by atoms with Crippen LogP contribution in [0.15, 0.2) is 62.7 Å². The number of allylic oxidation sites excluding steroid dienone is 1. The summed E-state index contributed by atoms with van der Waals surface area (Å²) < 4.78 is 5.54. The van der Waals surface area contributed by atoms with E-state index < -0.39 is 0 Å². The molecule has 0 radical (unpaired) electrons. The largest absolute Gasteiger partial charge is 0.398 e. The van der Waals surface area contributed by atoms with Gasteiger partial charge in [-0.3, -0.25) is 9.79 Å². The number of amidine groups is 3. The maximum absolute atomic E-state index is 13.5. The van der Waals surface area contributed by atoms with Crippen LogP contribution in [0.2, 0.25) is 0 Å². The highest BCUT2D eigenvalue weighted by Crippen LogP contribution is 2.19. The van der Waals surface area contributed by atoms with Crippen LogP contribution >= 0.6 is 0 Å². The molecule has 1 aromatic carbocycles. The molecule has 0 bridgehead atoms. The lowest BCUT2D eigenvalue weighted by Gasteiger charge is -2.31. The lowest BCUT2D eigenvalue weighted by Crippen LogP contribution is -2.45. The van der Waals surface area contributed by atoms with Gasteiger partial charge >= 0.3 is 0 Å². The predicted molar refractivity (Wildman–Crippen MR) is 144 cm³/mol. The van der Waals surface area contributed by atoms with E-state index in [9.17, 15) is 4.79 Å². The second-order valence-corrected chi connectivity index (χ2v) is 8.67. The minimum Gasteiger partial charge on any atom is -0.398 e. The number of aliphatic imine (C=N–C) groups is 3. The van der Waals surface area contributed by atoms with Crippen LogP contribution in [0.4, 0.5) is 0 Å². The molecule has 0 saturated carbocycles. The number of benzene rings is 1. The first-order valence-electron chi connectivity index (χ1n) is 12.3. The third-order valence-corrected chi connectivity index (χ3v) is 6.22. The number of ether oxygens (including phenoxy) is 1. The number of carbonyl (C=O) groups excluding carboxylic acids is 1. The van der Waals surface area contributed by atoms with Crippen molar-refractivity contribution in [3.8, 4) is 0 Å². The number of likely N-dealkylation sites (tertiary alicyclic amines) is 1. The number of hydrogen-bond donors (Lipinski definition) is 1. The summed E-state index contributed by atoms with van der Waals surface area (Å²) >= 11 is 0. The number of hydrogen-bond acceptors (Lipinski definition) is 9. The van der Waals surface area contributed by atoms with Gasteiger partial charge in [0.15, 0.2) is 11.7 Å². The fraction of sp³-hybridized carbons (Fsp3) is 0.423. The lowest BCUT2D eigenvalue weighted by atomic mass is 10.1. The van der Waals surface area contributed by atoms with Gasteiger partial charge in [-0.25, -0.2) is 15.0 Å². The monoisotopic (exact) mass is 490 g/mol. The van der Waals surface area contributed by atoms with Crippen LogP contribution in [0.5, 0.6) is 0 Å². The quantitative estimate of drug-likeness (QED) is 0.634. The van der Waals surface area contributed by atoms with E-state index in [1.54, 1.807) is 24.3 Å². The van der Waals surface area contributed by atoms with E-state index in [0.717, 1.165) is 37.1 Å². The van der Waals surface area contributed by atoms with Gasteiger partial charge in [0.05, 0.1) is 13.2 Å². The predicted octanol–water partition coefficient (Wildman–Crippen LogP) is 1.95. The zero-order chi connectivity index (χ0) is 25.5. The number of nitrogens with two attached hydrogens (primary N) is 1. The van der Waals surface area contributed by atoms with Crippen LogP contribution in [-0.4, -0.2) is 97.4 Å². The maximum atomic E-state index is 13.5. The molecule has 1 aromatic rings. The first kappa shape index (κ1) is 25.3. The third-order valence-electron chi connectivity index (χ3n) is 6.22. The van der Waals surface area contributed by atoms with Gasteiger partial charge in [0.1, 0.15) is 5.70 Å². The highest BCUT2D eigenvalue weighted by molar-refractivity contribution is 6.38. The number of rotatable bonds is 5. The second kappa shape index (κ2) is 11.8. The Morgan fingerprint density at radius 2 is 1.94 bits per heavy atom. The second-order valence-electron chi connectivity index (χ2n) is 8.67. The van der Waals surface area contributed by atoms with Crippen molar-refractivity contribution in [2.24, 2.45) is 25.8 Å². The topological polar surface area (TPSA) is 111 Å². The van der Waals surface area contributed by atoms with Crippen LogP contribution in [0.1, 0.15) is 30.9 Å². The Labute approximate surface area is 212 Å². The molecule has 0 atom stereocenters. The van der Waals surface area contributed by atoms with Gasteiger partial charge in [0, 0.05) is 57.2 Å². The van der Waals surface area contributed by atoms with Crippen LogP contribution in [-0.2, 0) is 9.53 Å². The Morgan fingerprint density at radius 3 is 2.64 bits per heavy atom. The lowest BCUT2D eigenvalue weighted by molar-refractivity contribution is -0.123. The minimum atomic E-state index is -0.137. The molecular formula is C26H34N8O2. The molecule has 0 unspecified atom stereocenters. The Hall–Kier alpha value is -3.79. The fourth-order valence-electron chi connectivity index (χ4n) is 4.26. The van der Waals surface area contributed by atoms with Gasteiger partial charge in [-0.1, -0.05) is 24.8 Å².